The van der Waals surface area contributed by atoms with E-state index < -0.39 is 0 Å². The number of methoxy groups -OCH3 is 2. The molecule has 0 amide bonds. The summed E-state index contributed by atoms with van der Waals surface area (Å²) in [6.07, 6.45) is 2.16. The van der Waals surface area contributed by atoms with Crippen LogP contribution in [0.3, 0.4) is 0 Å². The fourth-order valence-corrected chi connectivity index (χ4v) is 3.00. The van der Waals surface area contributed by atoms with Gasteiger partial charge >= 0.3 is 0 Å². The molecular formula is C18H27IN6O2. The molecule has 0 bridgehead atoms. The third kappa shape index (κ3) is 5.24. The van der Waals surface area contributed by atoms with Gasteiger partial charge in [-0.25, -0.2) is 4.99 Å². The first kappa shape index (κ1) is 21.3. The van der Waals surface area contributed by atoms with Crippen LogP contribution in [0.1, 0.15) is 30.6 Å². The zero-order chi connectivity index (χ0) is 18.4. The maximum atomic E-state index is 5.35. The summed E-state index contributed by atoms with van der Waals surface area (Å²) in [6, 6.07) is 5.82. The van der Waals surface area contributed by atoms with Gasteiger partial charge in [0.1, 0.15) is 5.82 Å². The summed E-state index contributed by atoms with van der Waals surface area (Å²) in [5, 5.41) is 15.1. The van der Waals surface area contributed by atoms with E-state index in [0.717, 1.165) is 49.1 Å². The number of ether oxygens (including phenoxy) is 2. The lowest BCUT2D eigenvalue weighted by atomic mass is 10.2. The second-order valence-corrected chi connectivity index (χ2v) is 6.03. The summed E-state index contributed by atoms with van der Waals surface area (Å²) < 4.78 is 12.8. The fourth-order valence-electron chi connectivity index (χ4n) is 3.00. The molecule has 1 aromatic carbocycles. The molecule has 0 saturated heterocycles. The number of aromatic nitrogens is 3. The minimum absolute atomic E-state index is 0. The van der Waals surface area contributed by atoms with Gasteiger partial charge in [0.05, 0.1) is 27.3 Å². The molecule has 0 spiro atoms. The monoisotopic (exact) mass is 486 g/mol. The van der Waals surface area contributed by atoms with Crippen LogP contribution in [0.25, 0.3) is 0 Å². The summed E-state index contributed by atoms with van der Waals surface area (Å²) in [7, 11) is 3.26. The highest BCUT2D eigenvalue weighted by atomic mass is 127. The van der Waals surface area contributed by atoms with Crippen LogP contribution in [0.5, 0.6) is 11.5 Å². The molecule has 3 rings (SSSR count). The van der Waals surface area contributed by atoms with Crippen LogP contribution in [0.4, 0.5) is 0 Å². The molecule has 1 aliphatic heterocycles. The Labute approximate surface area is 176 Å². The minimum Gasteiger partial charge on any atom is -0.493 e. The van der Waals surface area contributed by atoms with Gasteiger partial charge in [0.15, 0.2) is 23.3 Å². The van der Waals surface area contributed by atoms with Crippen LogP contribution in [-0.4, -0.2) is 41.5 Å². The van der Waals surface area contributed by atoms with E-state index in [9.17, 15) is 0 Å². The van der Waals surface area contributed by atoms with Gasteiger partial charge in [-0.1, -0.05) is 6.07 Å². The first-order valence-corrected chi connectivity index (χ1v) is 8.89. The molecule has 8 nitrogen and oxygen atoms in total. The lowest BCUT2D eigenvalue weighted by Crippen LogP contribution is -2.37. The summed E-state index contributed by atoms with van der Waals surface area (Å²) in [6.45, 7) is 4.97. The van der Waals surface area contributed by atoms with Crippen LogP contribution in [0.15, 0.2) is 23.2 Å². The number of nitrogens with zero attached hydrogens (tertiary/aromatic N) is 4. The number of hydrogen-bond acceptors (Lipinski definition) is 5. The molecule has 2 N–H and O–H groups in total. The number of rotatable bonds is 7. The highest BCUT2D eigenvalue weighted by molar-refractivity contribution is 14.0. The molecule has 27 heavy (non-hydrogen) atoms. The van der Waals surface area contributed by atoms with Crippen molar-refractivity contribution in [3.8, 4) is 11.5 Å². The molecule has 0 atom stereocenters. The molecule has 9 heteroatoms. The highest BCUT2D eigenvalue weighted by Gasteiger charge is 2.17. The van der Waals surface area contributed by atoms with E-state index >= 15 is 0 Å². The van der Waals surface area contributed by atoms with Gasteiger partial charge in [-0.3, -0.25) is 0 Å². The third-order valence-corrected chi connectivity index (χ3v) is 4.31. The van der Waals surface area contributed by atoms with Crippen molar-refractivity contribution in [2.24, 2.45) is 4.99 Å². The number of guanidine groups is 1. The number of halogens is 1. The van der Waals surface area contributed by atoms with Crippen LogP contribution in [0.2, 0.25) is 0 Å². The Morgan fingerprint density at radius 3 is 2.74 bits per heavy atom. The molecule has 2 heterocycles. The molecule has 1 aromatic heterocycles. The largest absolute Gasteiger partial charge is 0.493 e. The van der Waals surface area contributed by atoms with E-state index in [1.807, 2.05) is 25.1 Å². The van der Waals surface area contributed by atoms with Crippen LogP contribution >= 0.6 is 24.0 Å². The normalized spacial score (nSPS) is 12.9. The van der Waals surface area contributed by atoms with Crippen molar-refractivity contribution in [1.29, 1.82) is 0 Å². The minimum atomic E-state index is 0. The summed E-state index contributed by atoms with van der Waals surface area (Å²) >= 11 is 0. The second kappa shape index (κ2) is 10.3. The zero-order valence-electron chi connectivity index (χ0n) is 16.0. The Morgan fingerprint density at radius 2 is 2.00 bits per heavy atom. The lowest BCUT2D eigenvalue weighted by Gasteiger charge is -2.12. The predicted octanol–water partition coefficient (Wildman–Crippen LogP) is 2.11. The molecule has 0 unspecified atom stereocenters. The van der Waals surface area contributed by atoms with Crippen molar-refractivity contribution < 1.29 is 9.47 Å². The predicted molar refractivity (Wildman–Crippen MR) is 115 cm³/mol. The second-order valence-electron chi connectivity index (χ2n) is 6.03. The topological polar surface area (TPSA) is 85.6 Å². The molecule has 0 radical (unpaired) electrons. The SMILES string of the molecule is CCNC(=NCc1ccc(OC)c(OC)c1)NCc1nnc2n1CCC2.I. The smallest absolute Gasteiger partial charge is 0.191 e. The Bertz CT molecular complexity index is 777. The first-order valence-electron chi connectivity index (χ1n) is 8.89. The number of fused-ring (bicyclic) bond motifs is 1. The third-order valence-electron chi connectivity index (χ3n) is 4.31. The van der Waals surface area contributed by atoms with Gasteiger partial charge in [0.2, 0.25) is 0 Å². The van der Waals surface area contributed by atoms with Crippen LogP contribution in [0, 0.1) is 0 Å². The van der Waals surface area contributed by atoms with Crippen LogP contribution in [-0.2, 0) is 26.1 Å². The van der Waals surface area contributed by atoms with Crippen molar-refractivity contribution in [2.75, 3.05) is 20.8 Å². The zero-order valence-corrected chi connectivity index (χ0v) is 18.3. The molecule has 0 saturated carbocycles. The molecule has 1 aliphatic rings. The Morgan fingerprint density at radius 1 is 1.19 bits per heavy atom. The highest BCUT2D eigenvalue weighted by Crippen LogP contribution is 2.27. The number of benzene rings is 1. The Balaban J connectivity index is 0.00000261. The molecule has 148 valence electrons. The molecule has 0 aliphatic carbocycles. The van der Waals surface area contributed by atoms with Gasteiger partial charge in [-0.05, 0) is 31.0 Å². The van der Waals surface area contributed by atoms with Crippen LogP contribution < -0.4 is 20.1 Å². The maximum Gasteiger partial charge on any atom is 0.191 e. The molecule has 2 aromatic rings. The number of aliphatic imine (C=N–C) groups is 1. The van der Waals surface area contributed by atoms with E-state index in [2.05, 4.69) is 30.4 Å². The van der Waals surface area contributed by atoms with Gasteiger partial charge in [-0.2, -0.15) is 0 Å². The van der Waals surface area contributed by atoms with E-state index in [0.29, 0.717) is 24.6 Å². The molecular weight excluding hydrogens is 459 g/mol. The average molecular weight is 486 g/mol. The summed E-state index contributed by atoms with van der Waals surface area (Å²) in [5.41, 5.74) is 1.04. The van der Waals surface area contributed by atoms with E-state index in [1.54, 1.807) is 14.2 Å². The quantitative estimate of drug-likeness (QED) is 0.355. The van der Waals surface area contributed by atoms with Crippen molar-refractivity contribution in [3.63, 3.8) is 0 Å². The Kier molecular flexibility index (Phi) is 8.14. The van der Waals surface area contributed by atoms with Crippen molar-refractivity contribution in [3.05, 3.63) is 35.4 Å². The number of hydrogen-bond donors (Lipinski definition) is 2. The fraction of sp³-hybridized carbons (Fsp3) is 0.500. The first-order chi connectivity index (χ1) is 12.7. The lowest BCUT2D eigenvalue weighted by molar-refractivity contribution is 0.354. The van der Waals surface area contributed by atoms with Gasteiger partial charge in [-0.15, -0.1) is 34.2 Å². The standard InChI is InChI=1S/C18H26N6O2.HI/c1-4-19-18(21-12-17-23-22-16-6-5-9-24(16)17)20-11-13-7-8-14(25-2)15(10-13)26-3;/h7-8,10H,4-6,9,11-12H2,1-3H3,(H2,19,20,21);1H. The van der Waals surface area contributed by atoms with E-state index in [1.165, 1.54) is 0 Å². The maximum absolute atomic E-state index is 5.35. The van der Waals surface area contributed by atoms with Crippen molar-refractivity contribution >= 4 is 29.9 Å². The summed E-state index contributed by atoms with van der Waals surface area (Å²) in [4.78, 5) is 4.65. The number of aryl methyl sites for hydroxylation is 1. The van der Waals surface area contributed by atoms with Gasteiger partial charge < -0.3 is 24.7 Å². The van der Waals surface area contributed by atoms with E-state index in [4.69, 9.17) is 9.47 Å². The van der Waals surface area contributed by atoms with E-state index in [-0.39, 0.29) is 24.0 Å². The average Bonchev–Trinajstić information content (AvgIpc) is 3.28. The molecule has 0 fully saturated rings. The van der Waals surface area contributed by atoms with Gasteiger partial charge in [0, 0.05) is 19.5 Å². The van der Waals surface area contributed by atoms with Gasteiger partial charge in [0.25, 0.3) is 0 Å². The summed E-state index contributed by atoms with van der Waals surface area (Å²) in [5.74, 6) is 4.20. The Hall–Kier alpha value is -2.04. The number of nitrogens with one attached hydrogen (secondary N) is 2. The van der Waals surface area contributed by atoms with Crippen molar-refractivity contribution in [2.45, 2.75) is 39.4 Å². The van der Waals surface area contributed by atoms with Crippen molar-refractivity contribution in [1.82, 2.24) is 25.4 Å².